The van der Waals surface area contributed by atoms with Gasteiger partial charge in [-0.2, -0.15) is 0 Å². The molecule has 0 radical (unpaired) electrons. The summed E-state index contributed by atoms with van der Waals surface area (Å²) in [6.45, 7) is 1.41. The molecule has 1 aliphatic carbocycles. The van der Waals surface area contributed by atoms with E-state index in [-0.39, 0.29) is 5.79 Å². The van der Waals surface area contributed by atoms with Gasteiger partial charge in [0.2, 0.25) is 0 Å². The van der Waals surface area contributed by atoms with E-state index in [4.69, 9.17) is 9.47 Å². The quantitative estimate of drug-likeness (QED) is 0.774. The SMILES string of the molecule is OC1(CCBr)CCC2(CC1)OCCO2. The Labute approximate surface area is 92.9 Å². The van der Waals surface area contributed by atoms with Gasteiger partial charge in [0.15, 0.2) is 5.79 Å². The van der Waals surface area contributed by atoms with Gasteiger partial charge < -0.3 is 14.6 Å². The van der Waals surface area contributed by atoms with Crippen molar-refractivity contribution in [1.82, 2.24) is 0 Å². The molecule has 0 aromatic heterocycles. The molecule has 2 rings (SSSR count). The van der Waals surface area contributed by atoms with Gasteiger partial charge in [-0.05, 0) is 19.3 Å². The van der Waals surface area contributed by atoms with Gasteiger partial charge in [-0.1, -0.05) is 15.9 Å². The average Bonchev–Trinajstić information content (AvgIpc) is 2.61. The van der Waals surface area contributed by atoms with E-state index < -0.39 is 5.60 Å². The van der Waals surface area contributed by atoms with E-state index in [1.54, 1.807) is 0 Å². The summed E-state index contributed by atoms with van der Waals surface area (Å²) >= 11 is 3.37. The molecule has 1 spiro atoms. The highest BCUT2D eigenvalue weighted by molar-refractivity contribution is 9.09. The zero-order chi connectivity index (χ0) is 10.1. The minimum atomic E-state index is -0.496. The van der Waals surface area contributed by atoms with E-state index >= 15 is 0 Å². The lowest BCUT2D eigenvalue weighted by Gasteiger charge is -2.40. The molecular weight excluding hydrogens is 248 g/mol. The Morgan fingerprint density at radius 3 is 2.14 bits per heavy atom. The van der Waals surface area contributed by atoms with Crippen LogP contribution in [0.4, 0.5) is 0 Å². The Kier molecular flexibility index (Phi) is 3.17. The van der Waals surface area contributed by atoms with Crippen LogP contribution in [0.5, 0.6) is 0 Å². The molecule has 1 heterocycles. The van der Waals surface area contributed by atoms with E-state index in [0.29, 0.717) is 13.2 Å². The fourth-order valence-corrected chi connectivity index (χ4v) is 3.05. The van der Waals surface area contributed by atoms with Crippen molar-refractivity contribution in [1.29, 1.82) is 0 Å². The molecule has 1 saturated heterocycles. The molecule has 0 aromatic carbocycles. The highest BCUT2D eigenvalue weighted by Gasteiger charge is 2.44. The molecule has 0 amide bonds. The second kappa shape index (κ2) is 4.08. The Hall–Kier alpha value is 0.360. The maximum atomic E-state index is 10.2. The van der Waals surface area contributed by atoms with Crippen molar-refractivity contribution in [2.24, 2.45) is 0 Å². The van der Waals surface area contributed by atoms with Gasteiger partial charge in [0, 0.05) is 18.2 Å². The minimum absolute atomic E-state index is 0.349. The second-order valence-electron chi connectivity index (χ2n) is 4.27. The third-order valence-corrected chi connectivity index (χ3v) is 3.71. The molecule has 1 saturated carbocycles. The largest absolute Gasteiger partial charge is 0.390 e. The van der Waals surface area contributed by atoms with E-state index in [1.165, 1.54) is 0 Å². The van der Waals surface area contributed by atoms with Crippen molar-refractivity contribution in [3.63, 3.8) is 0 Å². The van der Waals surface area contributed by atoms with Gasteiger partial charge >= 0.3 is 0 Å². The van der Waals surface area contributed by atoms with Gasteiger partial charge in [-0.3, -0.25) is 0 Å². The maximum Gasteiger partial charge on any atom is 0.168 e. The molecule has 14 heavy (non-hydrogen) atoms. The van der Waals surface area contributed by atoms with Gasteiger partial charge in [0.1, 0.15) is 0 Å². The van der Waals surface area contributed by atoms with E-state index in [1.807, 2.05) is 0 Å². The molecule has 0 aromatic rings. The molecule has 3 nitrogen and oxygen atoms in total. The van der Waals surface area contributed by atoms with Crippen molar-refractivity contribution in [3.8, 4) is 0 Å². The molecule has 1 aliphatic heterocycles. The summed E-state index contributed by atoms with van der Waals surface area (Å²) in [6, 6.07) is 0. The fourth-order valence-electron chi connectivity index (χ4n) is 2.31. The number of hydrogen-bond acceptors (Lipinski definition) is 3. The van der Waals surface area contributed by atoms with Crippen LogP contribution >= 0.6 is 15.9 Å². The lowest BCUT2D eigenvalue weighted by atomic mass is 9.80. The number of halogens is 1. The number of ether oxygens (including phenoxy) is 2. The smallest absolute Gasteiger partial charge is 0.168 e. The Bertz CT molecular complexity index is 192. The zero-order valence-electron chi connectivity index (χ0n) is 8.30. The van der Waals surface area contributed by atoms with Crippen LogP contribution in [-0.4, -0.2) is 35.0 Å². The van der Waals surface area contributed by atoms with Crippen molar-refractivity contribution in [3.05, 3.63) is 0 Å². The lowest BCUT2D eigenvalue weighted by molar-refractivity contribution is -0.202. The van der Waals surface area contributed by atoms with Crippen LogP contribution in [0, 0.1) is 0 Å². The fraction of sp³-hybridized carbons (Fsp3) is 1.00. The summed E-state index contributed by atoms with van der Waals surface area (Å²) in [7, 11) is 0. The first-order valence-corrected chi connectivity index (χ1v) is 6.37. The van der Waals surface area contributed by atoms with Crippen LogP contribution in [0.3, 0.4) is 0 Å². The number of alkyl halides is 1. The first-order valence-electron chi connectivity index (χ1n) is 5.24. The Morgan fingerprint density at radius 2 is 1.64 bits per heavy atom. The highest BCUT2D eigenvalue weighted by atomic mass is 79.9. The number of hydrogen-bond donors (Lipinski definition) is 1. The minimum Gasteiger partial charge on any atom is -0.390 e. The predicted octanol–water partition coefficient (Wildman–Crippen LogP) is 1.82. The van der Waals surface area contributed by atoms with Crippen LogP contribution < -0.4 is 0 Å². The normalized spacial score (nSPS) is 29.6. The Balaban J connectivity index is 1.90. The molecular formula is C10H17BrO3. The summed E-state index contributed by atoms with van der Waals surface area (Å²) in [5.74, 6) is -0.349. The summed E-state index contributed by atoms with van der Waals surface area (Å²) in [5.41, 5.74) is -0.496. The topological polar surface area (TPSA) is 38.7 Å². The first-order chi connectivity index (χ1) is 6.68. The molecule has 0 bridgehead atoms. The molecule has 4 heteroatoms. The van der Waals surface area contributed by atoms with Crippen molar-refractivity contribution in [2.75, 3.05) is 18.5 Å². The summed E-state index contributed by atoms with van der Waals surface area (Å²) in [5, 5.41) is 11.0. The monoisotopic (exact) mass is 264 g/mol. The van der Waals surface area contributed by atoms with Crippen molar-refractivity contribution < 1.29 is 14.6 Å². The summed E-state index contributed by atoms with van der Waals surface area (Å²) < 4.78 is 11.2. The van der Waals surface area contributed by atoms with Crippen molar-refractivity contribution in [2.45, 2.75) is 43.5 Å². The molecule has 2 fully saturated rings. The summed E-state index contributed by atoms with van der Waals surface area (Å²) in [4.78, 5) is 0. The lowest BCUT2D eigenvalue weighted by Crippen LogP contribution is -2.43. The third kappa shape index (κ3) is 2.13. The standard InChI is InChI=1S/C10H17BrO3/c11-6-5-9(12)1-3-10(4-2-9)13-7-8-14-10/h12H,1-8H2. The summed E-state index contributed by atoms with van der Waals surface area (Å²) in [6.07, 6.45) is 4.06. The first kappa shape index (κ1) is 10.9. The second-order valence-corrected chi connectivity index (χ2v) is 5.06. The van der Waals surface area contributed by atoms with Crippen molar-refractivity contribution >= 4 is 15.9 Å². The molecule has 2 aliphatic rings. The average molecular weight is 265 g/mol. The number of aliphatic hydroxyl groups is 1. The zero-order valence-corrected chi connectivity index (χ0v) is 9.88. The molecule has 0 unspecified atom stereocenters. The van der Waals surface area contributed by atoms with Gasteiger partial charge in [-0.25, -0.2) is 0 Å². The van der Waals surface area contributed by atoms with Crippen LogP contribution in [0.1, 0.15) is 32.1 Å². The third-order valence-electron chi connectivity index (χ3n) is 3.32. The maximum absolute atomic E-state index is 10.2. The van der Waals surface area contributed by atoms with Crippen LogP contribution in [0.25, 0.3) is 0 Å². The van der Waals surface area contributed by atoms with Crippen LogP contribution in [0.2, 0.25) is 0 Å². The van der Waals surface area contributed by atoms with E-state index in [0.717, 1.165) is 37.4 Å². The molecule has 0 atom stereocenters. The van der Waals surface area contributed by atoms with E-state index in [2.05, 4.69) is 15.9 Å². The number of rotatable bonds is 2. The molecule has 82 valence electrons. The van der Waals surface area contributed by atoms with Gasteiger partial charge in [0.25, 0.3) is 0 Å². The van der Waals surface area contributed by atoms with Gasteiger partial charge in [-0.15, -0.1) is 0 Å². The highest BCUT2D eigenvalue weighted by Crippen LogP contribution is 2.41. The van der Waals surface area contributed by atoms with Gasteiger partial charge in [0.05, 0.1) is 18.8 Å². The molecule has 1 N–H and O–H groups in total. The van der Waals surface area contributed by atoms with Crippen LogP contribution in [0.15, 0.2) is 0 Å². The van der Waals surface area contributed by atoms with E-state index in [9.17, 15) is 5.11 Å². The van der Waals surface area contributed by atoms with Crippen LogP contribution in [-0.2, 0) is 9.47 Å². The Morgan fingerprint density at radius 1 is 1.07 bits per heavy atom. The predicted molar refractivity (Wildman–Crippen MR) is 56.5 cm³/mol.